The number of imidazole rings is 1. The summed E-state index contributed by atoms with van der Waals surface area (Å²) in [7, 11) is 1.91. The molecule has 0 aliphatic carbocycles. The Morgan fingerprint density at radius 1 is 1.08 bits per heavy atom. The second kappa shape index (κ2) is 17.2. The van der Waals surface area contributed by atoms with E-state index in [1.54, 1.807) is 48.7 Å². The van der Waals surface area contributed by atoms with E-state index < -0.39 is 6.09 Å². The number of carbonyl (C=O) groups is 3. The van der Waals surface area contributed by atoms with Crippen LogP contribution in [0.25, 0.3) is 11.0 Å². The van der Waals surface area contributed by atoms with Gasteiger partial charge in [0.05, 0.1) is 43.8 Å². The lowest BCUT2D eigenvalue weighted by Gasteiger charge is -2.22. The molecule has 2 amide bonds. The topological polar surface area (TPSA) is 163 Å². The summed E-state index contributed by atoms with van der Waals surface area (Å²) in [5.74, 6) is 0.595. The number of benzene rings is 2. The Hall–Kier alpha value is -5.30. The van der Waals surface area contributed by atoms with Crippen LogP contribution in [-0.2, 0) is 32.6 Å². The summed E-state index contributed by atoms with van der Waals surface area (Å²) in [6, 6.07) is 17.9. The summed E-state index contributed by atoms with van der Waals surface area (Å²) in [5.41, 5.74) is 9.39. The van der Waals surface area contributed by atoms with Crippen molar-refractivity contribution in [2.45, 2.75) is 58.1 Å². The number of unbranched alkanes of at least 4 members (excludes halogenated alkanes) is 3. The number of amidine groups is 1. The third-order valence-electron chi connectivity index (χ3n) is 8.18. The van der Waals surface area contributed by atoms with Crippen molar-refractivity contribution in [3.05, 3.63) is 83.8 Å². The van der Waals surface area contributed by atoms with Gasteiger partial charge >= 0.3 is 12.1 Å². The zero-order chi connectivity index (χ0) is 34.6. The molecule has 1 atom stereocenters. The molecule has 0 radical (unpaired) electrons. The zero-order valence-electron chi connectivity index (χ0n) is 28.0. The number of anilines is 2. The molecule has 1 saturated heterocycles. The van der Waals surface area contributed by atoms with E-state index in [0.717, 1.165) is 42.7 Å². The number of hydrogen-bond acceptors (Lipinski definition) is 9. The van der Waals surface area contributed by atoms with Crippen LogP contribution in [0.15, 0.2) is 71.9 Å². The maximum absolute atomic E-state index is 13.8. The molecule has 13 nitrogen and oxygen atoms in total. The average Bonchev–Trinajstić information content (AvgIpc) is 3.74. The lowest BCUT2D eigenvalue weighted by atomic mass is 10.1. The predicted molar refractivity (Wildman–Crippen MR) is 187 cm³/mol. The summed E-state index contributed by atoms with van der Waals surface area (Å²) in [6.07, 6.45) is 5.39. The van der Waals surface area contributed by atoms with Crippen molar-refractivity contribution in [2.24, 2.45) is 17.8 Å². The number of esters is 1. The van der Waals surface area contributed by atoms with Gasteiger partial charge in [0.25, 0.3) is 5.91 Å². The van der Waals surface area contributed by atoms with E-state index in [-0.39, 0.29) is 36.8 Å². The Bertz CT molecular complexity index is 1750. The molecule has 13 heteroatoms. The van der Waals surface area contributed by atoms with Crippen molar-refractivity contribution in [1.82, 2.24) is 14.5 Å². The molecule has 1 fully saturated rings. The molecular formula is C36H43N7O6. The largest absolute Gasteiger partial charge is 0.460 e. The number of nitrogens with one attached hydrogen (secondary N) is 1. The number of aromatic nitrogens is 3. The predicted octanol–water partition coefficient (Wildman–Crippen LogP) is 5.37. The number of aliphatic imine (C=N–C) groups is 1. The van der Waals surface area contributed by atoms with E-state index >= 15 is 0 Å². The third kappa shape index (κ3) is 9.63. The number of pyridine rings is 1. The van der Waals surface area contributed by atoms with Crippen LogP contribution in [-0.4, -0.2) is 70.8 Å². The summed E-state index contributed by atoms with van der Waals surface area (Å²) in [4.78, 5) is 52.8. The van der Waals surface area contributed by atoms with Gasteiger partial charge < -0.3 is 29.8 Å². The summed E-state index contributed by atoms with van der Waals surface area (Å²) in [5, 5.41) is 3.35. The second-order valence-corrected chi connectivity index (χ2v) is 11.8. The monoisotopic (exact) mass is 669 g/mol. The van der Waals surface area contributed by atoms with Crippen LogP contribution < -0.4 is 16.0 Å². The average molecular weight is 670 g/mol. The summed E-state index contributed by atoms with van der Waals surface area (Å²) in [6.45, 7) is 3.94. The fourth-order valence-electron chi connectivity index (χ4n) is 5.41. The highest BCUT2D eigenvalue weighted by molar-refractivity contribution is 6.07. The normalized spacial score (nSPS) is 14.5. The molecule has 0 unspecified atom stereocenters. The van der Waals surface area contributed by atoms with Gasteiger partial charge in [-0.25, -0.2) is 14.8 Å². The van der Waals surface area contributed by atoms with Crippen LogP contribution in [0, 0.1) is 0 Å². The Kier molecular flexibility index (Phi) is 12.3. The van der Waals surface area contributed by atoms with Gasteiger partial charge in [-0.05, 0) is 61.0 Å². The molecule has 2 aromatic heterocycles. The van der Waals surface area contributed by atoms with Crippen molar-refractivity contribution < 1.29 is 28.6 Å². The Balaban J connectivity index is 1.21. The lowest BCUT2D eigenvalue weighted by Crippen LogP contribution is -2.34. The SMILES string of the molecule is CCCCCCOC(=O)/N=C(\N)c1ccc(NCc2nc3cc(C(=O)N(CCC(=O)O[C@H]4CCOC4)c4ccccn4)ccc3n2C)cc1. The van der Waals surface area contributed by atoms with E-state index in [9.17, 15) is 14.4 Å². The second-order valence-electron chi connectivity index (χ2n) is 11.8. The Morgan fingerprint density at radius 3 is 2.63 bits per heavy atom. The summed E-state index contributed by atoms with van der Waals surface area (Å²) < 4.78 is 17.9. The van der Waals surface area contributed by atoms with Crippen molar-refractivity contribution in [3.63, 3.8) is 0 Å². The third-order valence-corrected chi connectivity index (χ3v) is 8.18. The molecule has 1 aliphatic rings. The first-order valence-electron chi connectivity index (χ1n) is 16.6. The smallest absolute Gasteiger partial charge is 0.435 e. The highest BCUT2D eigenvalue weighted by atomic mass is 16.6. The van der Waals surface area contributed by atoms with Crippen LogP contribution in [0.1, 0.15) is 67.2 Å². The van der Waals surface area contributed by atoms with Crippen LogP contribution in [0.4, 0.5) is 16.3 Å². The Morgan fingerprint density at radius 2 is 1.90 bits per heavy atom. The highest BCUT2D eigenvalue weighted by Gasteiger charge is 2.24. The molecule has 0 saturated carbocycles. The number of carbonyl (C=O) groups excluding carboxylic acids is 3. The van der Waals surface area contributed by atoms with Gasteiger partial charge in [-0.15, -0.1) is 0 Å². The number of nitrogens with two attached hydrogens (primary N) is 1. The van der Waals surface area contributed by atoms with Gasteiger partial charge in [0.2, 0.25) is 0 Å². The number of nitrogens with zero attached hydrogens (tertiary/aromatic N) is 5. The minimum Gasteiger partial charge on any atom is -0.460 e. The number of ether oxygens (including phenoxy) is 3. The van der Waals surface area contributed by atoms with Gasteiger partial charge in [-0.1, -0.05) is 32.3 Å². The molecule has 1 aliphatic heterocycles. The first-order valence-corrected chi connectivity index (χ1v) is 16.6. The minimum atomic E-state index is -0.692. The molecule has 3 N–H and O–H groups in total. The first-order chi connectivity index (χ1) is 23.8. The zero-order valence-corrected chi connectivity index (χ0v) is 28.0. The molecule has 5 rings (SSSR count). The van der Waals surface area contributed by atoms with Crippen molar-refractivity contribution in [3.8, 4) is 0 Å². The van der Waals surface area contributed by atoms with Crippen LogP contribution in [0.5, 0.6) is 0 Å². The number of amides is 2. The number of aryl methyl sites for hydroxylation is 1. The minimum absolute atomic E-state index is 0.0204. The molecule has 3 heterocycles. The van der Waals surface area contributed by atoms with E-state index in [1.165, 1.54) is 4.90 Å². The molecular weight excluding hydrogens is 626 g/mol. The lowest BCUT2D eigenvalue weighted by molar-refractivity contribution is -0.148. The van der Waals surface area contributed by atoms with E-state index in [4.69, 9.17) is 24.9 Å². The number of rotatable bonds is 15. The van der Waals surface area contributed by atoms with E-state index in [1.807, 2.05) is 29.8 Å². The molecule has 49 heavy (non-hydrogen) atoms. The first kappa shape index (κ1) is 35.0. The number of hydrogen-bond donors (Lipinski definition) is 2. The molecule has 0 spiro atoms. The fourth-order valence-corrected chi connectivity index (χ4v) is 5.41. The molecule has 2 aromatic carbocycles. The molecule has 4 aromatic rings. The Labute approximate surface area is 285 Å². The molecule has 0 bridgehead atoms. The van der Waals surface area contributed by atoms with E-state index in [0.29, 0.717) is 55.2 Å². The maximum atomic E-state index is 13.8. The van der Waals surface area contributed by atoms with E-state index in [2.05, 4.69) is 22.2 Å². The van der Waals surface area contributed by atoms with Gasteiger partial charge in [-0.3, -0.25) is 14.5 Å². The fraction of sp³-hybridized carbons (Fsp3) is 0.389. The maximum Gasteiger partial charge on any atom is 0.435 e. The van der Waals surface area contributed by atoms with Crippen molar-refractivity contribution in [1.29, 1.82) is 0 Å². The standard InChI is InChI=1S/C36H43N7O6/c1-3-4-5-8-20-48-36(46)41-34(37)25-10-13-27(14-11-25)39-23-32-40-29-22-26(12-15-30(29)42(32)2)35(45)43(31-9-6-7-18-38-31)19-16-33(44)49-28-17-21-47-24-28/h6-7,9-15,18,22,28,39H,3-5,8,16-17,19-21,23-24H2,1-2H3,(H2,37,41,46)/t28-/m0/s1. The highest BCUT2D eigenvalue weighted by Crippen LogP contribution is 2.22. The molecule has 258 valence electrons. The van der Waals surface area contributed by atoms with Crippen LogP contribution >= 0.6 is 0 Å². The van der Waals surface area contributed by atoms with Crippen LogP contribution in [0.2, 0.25) is 0 Å². The van der Waals surface area contributed by atoms with Gasteiger partial charge in [0.15, 0.2) is 0 Å². The quantitative estimate of drug-likeness (QED) is 0.0728. The van der Waals surface area contributed by atoms with Gasteiger partial charge in [0.1, 0.15) is 23.6 Å². The van der Waals surface area contributed by atoms with Crippen LogP contribution in [0.3, 0.4) is 0 Å². The van der Waals surface area contributed by atoms with Gasteiger partial charge in [-0.2, -0.15) is 4.99 Å². The van der Waals surface area contributed by atoms with Gasteiger partial charge in [0, 0.05) is 43.0 Å². The van der Waals surface area contributed by atoms with Crippen molar-refractivity contribution in [2.75, 3.05) is 36.6 Å². The van der Waals surface area contributed by atoms with Crippen molar-refractivity contribution >= 4 is 46.3 Å². The number of fused-ring (bicyclic) bond motifs is 1. The summed E-state index contributed by atoms with van der Waals surface area (Å²) >= 11 is 0.